The van der Waals surface area contributed by atoms with Gasteiger partial charge in [0, 0.05) is 25.2 Å². The number of Topliss-reactive ketones (excluding diaryl/α,β-unsaturated/α-hetero) is 1. The Kier molecular flexibility index (Phi) is 37.9. The molecule has 0 aromatic carbocycles. The Balaban J connectivity index is 2.27. The Morgan fingerprint density at radius 2 is 0.964 bits per heavy atom. The smallest absolute Gasteiger partial charge is 0.306 e. The van der Waals surface area contributed by atoms with Crippen LogP contribution in [0.5, 0.6) is 0 Å². The fourth-order valence-electron chi connectivity index (χ4n) is 8.49. The second-order valence-corrected chi connectivity index (χ2v) is 17.6. The molecule has 0 bridgehead atoms. The number of nitrogens with zero attached hydrogens (tertiary/aromatic N) is 1. The van der Waals surface area contributed by atoms with Crippen LogP contribution in [0.15, 0.2) is 0 Å². The number of carbonyl (C=O) groups excluding carboxylic acids is 3. The first-order valence-corrected chi connectivity index (χ1v) is 25.1. The first-order valence-electron chi connectivity index (χ1n) is 25.1. The maximum absolute atomic E-state index is 12.8. The Hall–Kier alpha value is -1.43. The van der Waals surface area contributed by atoms with E-state index in [1.807, 2.05) is 0 Å². The van der Waals surface area contributed by atoms with E-state index in [1.54, 1.807) is 0 Å². The number of ketones is 1. The molecular weight excluding hydrogens is 695 g/mol. The summed E-state index contributed by atoms with van der Waals surface area (Å²) in [5, 5.41) is 0. The van der Waals surface area contributed by atoms with Crippen molar-refractivity contribution in [3.63, 3.8) is 0 Å². The lowest BCUT2D eigenvalue weighted by Gasteiger charge is -2.23. The van der Waals surface area contributed by atoms with Gasteiger partial charge in [-0.15, -0.1) is 0 Å². The number of carbonyl (C=O) groups is 3. The Morgan fingerprint density at radius 3 is 1.46 bits per heavy atom. The molecule has 0 amide bonds. The van der Waals surface area contributed by atoms with Crippen molar-refractivity contribution in [3.8, 4) is 0 Å². The van der Waals surface area contributed by atoms with Crippen molar-refractivity contribution in [1.82, 2.24) is 4.90 Å². The van der Waals surface area contributed by atoms with Crippen LogP contribution >= 0.6 is 0 Å². The van der Waals surface area contributed by atoms with Crippen molar-refractivity contribution in [2.75, 3.05) is 26.2 Å². The van der Waals surface area contributed by atoms with E-state index < -0.39 is 0 Å². The minimum atomic E-state index is -0.0194. The molecular formula is C50H95NO5. The molecule has 1 rings (SSSR count). The van der Waals surface area contributed by atoms with Crippen LogP contribution in [-0.2, 0) is 23.9 Å². The van der Waals surface area contributed by atoms with E-state index in [1.165, 1.54) is 154 Å². The van der Waals surface area contributed by atoms with Gasteiger partial charge in [0.15, 0.2) is 0 Å². The maximum Gasteiger partial charge on any atom is 0.306 e. The number of unbranched alkanes of at least 4 members (excludes halogenated alkanes) is 24. The van der Waals surface area contributed by atoms with Crippen molar-refractivity contribution in [3.05, 3.63) is 0 Å². The molecule has 0 spiro atoms. The van der Waals surface area contributed by atoms with Crippen LogP contribution in [0.3, 0.4) is 0 Å². The third-order valence-electron chi connectivity index (χ3n) is 12.2. The van der Waals surface area contributed by atoms with Crippen molar-refractivity contribution in [2.24, 2.45) is 5.92 Å². The molecule has 6 nitrogen and oxygen atoms in total. The highest BCUT2D eigenvalue weighted by molar-refractivity contribution is 5.82. The van der Waals surface area contributed by atoms with Crippen LogP contribution in [0.4, 0.5) is 0 Å². The van der Waals surface area contributed by atoms with Crippen LogP contribution < -0.4 is 0 Å². The zero-order valence-corrected chi connectivity index (χ0v) is 37.8. The summed E-state index contributed by atoms with van der Waals surface area (Å²) in [7, 11) is 0. The van der Waals surface area contributed by atoms with Gasteiger partial charge in [-0.1, -0.05) is 162 Å². The molecule has 0 aliphatic heterocycles. The summed E-state index contributed by atoms with van der Waals surface area (Å²) >= 11 is 0. The maximum atomic E-state index is 12.8. The first-order chi connectivity index (χ1) is 27.5. The topological polar surface area (TPSA) is 72.9 Å². The highest BCUT2D eigenvalue weighted by Crippen LogP contribution is 2.26. The Bertz CT molecular complexity index is 877. The largest absolute Gasteiger partial charge is 0.466 e. The molecule has 6 heteroatoms. The first kappa shape index (κ1) is 52.6. The van der Waals surface area contributed by atoms with E-state index in [-0.39, 0.29) is 18.0 Å². The molecule has 330 valence electrons. The second-order valence-electron chi connectivity index (χ2n) is 17.6. The fourth-order valence-corrected chi connectivity index (χ4v) is 8.49. The van der Waals surface area contributed by atoms with Crippen molar-refractivity contribution < 1.29 is 23.9 Å². The van der Waals surface area contributed by atoms with E-state index in [4.69, 9.17) is 9.47 Å². The van der Waals surface area contributed by atoms with Gasteiger partial charge in [0.1, 0.15) is 11.9 Å². The molecule has 1 aliphatic carbocycles. The molecule has 0 N–H and O–H groups in total. The van der Waals surface area contributed by atoms with E-state index >= 15 is 0 Å². The van der Waals surface area contributed by atoms with Gasteiger partial charge in [0.05, 0.1) is 6.61 Å². The molecule has 0 aromatic rings. The number of hydrogen-bond donors (Lipinski definition) is 0. The Labute approximate surface area is 348 Å². The molecule has 56 heavy (non-hydrogen) atoms. The second kappa shape index (κ2) is 40.4. The molecule has 1 fully saturated rings. The molecule has 1 aliphatic rings. The summed E-state index contributed by atoms with van der Waals surface area (Å²) in [4.78, 5) is 39.8. The fraction of sp³-hybridized carbons (Fsp3) is 0.940. The van der Waals surface area contributed by atoms with Gasteiger partial charge < -0.3 is 14.4 Å². The van der Waals surface area contributed by atoms with Gasteiger partial charge in [0.25, 0.3) is 0 Å². The molecule has 1 unspecified atom stereocenters. The molecule has 0 aromatic heterocycles. The monoisotopic (exact) mass is 790 g/mol. The summed E-state index contributed by atoms with van der Waals surface area (Å²) in [6.07, 6.45) is 43.8. The third-order valence-corrected chi connectivity index (χ3v) is 12.2. The Morgan fingerprint density at radius 1 is 0.536 bits per heavy atom. The third kappa shape index (κ3) is 33.5. The summed E-state index contributed by atoms with van der Waals surface area (Å²) in [6.45, 7) is 10.7. The summed E-state index contributed by atoms with van der Waals surface area (Å²) in [6, 6.07) is 0. The van der Waals surface area contributed by atoms with E-state index in [2.05, 4.69) is 25.7 Å². The quantitative estimate of drug-likeness (QED) is 0.0452. The number of esters is 2. The highest BCUT2D eigenvalue weighted by atomic mass is 16.5. The van der Waals surface area contributed by atoms with E-state index in [0.29, 0.717) is 31.1 Å². The van der Waals surface area contributed by atoms with Gasteiger partial charge in [-0.3, -0.25) is 14.4 Å². The zero-order chi connectivity index (χ0) is 40.6. The SMILES string of the molecule is CCCCCCCCCOC(=O)CCCCCCCN(CCCCCCCC(=O)OC(CCCCCCCC)CCCCCCCC)CCCC1CCCC1=O. The van der Waals surface area contributed by atoms with Gasteiger partial charge in [0.2, 0.25) is 0 Å². The molecule has 0 radical (unpaired) electrons. The van der Waals surface area contributed by atoms with Crippen molar-refractivity contribution in [2.45, 2.75) is 271 Å². The number of hydrogen-bond acceptors (Lipinski definition) is 6. The van der Waals surface area contributed by atoms with Crippen molar-refractivity contribution in [1.29, 1.82) is 0 Å². The molecule has 0 saturated heterocycles. The van der Waals surface area contributed by atoms with Crippen LogP contribution in [0.2, 0.25) is 0 Å². The van der Waals surface area contributed by atoms with Crippen LogP contribution in [0.25, 0.3) is 0 Å². The average Bonchev–Trinajstić information content (AvgIpc) is 3.61. The number of ether oxygens (including phenoxy) is 2. The standard InChI is InChI=1S/C50H95NO5/c1-4-7-10-13-16-25-32-45-55-49(53)40-28-21-17-23-30-42-51(44-34-36-46-35-33-39-48(46)52)43-31-24-18-22-29-41-50(54)56-47(37-26-19-14-11-8-5-2)38-27-20-15-12-9-6-3/h46-47H,4-45H2,1-3H3. The minimum Gasteiger partial charge on any atom is -0.466 e. The average molecular weight is 790 g/mol. The summed E-state index contributed by atoms with van der Waals surface area (Å²) < 4.78 is 11.5. The predicted octanol–water partition coefficient (Wildman–Crippen LogP) is 14.8. The van der Waals surface area contributed by atoms with Crippen LogP contribution in [-0.4, -0.2) is 55.0 Å². The molecule has 1 saturated carbocycles. The van der Waals surface area contributed by atoms with Crippen LogP contribution in [0, 0.1) is 5.92 Å². The van der Waals surface area contributed by atoms with Crippen molar-refractivity contribution >= 4 is 17.7 Å². The zero-order valence-electron chi connectivity index (χ0n) is 37.8. The van der Waals surface area contributed by atoms with E-state index in [0.717, 1.165) is 96.7 Å². The van der Waals surface area contributed by atoms with Gasteiger partial charge in [-0.05, 0) is 103 Å². The van der Waals surface area contributed by atoms with Gasteiger partial charge in [-0.25, -0.2) is 0 Å². The van der Waals surface area contributed by atoms with Crippen LogP contribution in [0.1, 0.15) is 265 Å². The summed E-state index contributed by atoms with van der Waals surface area (Å²) in [5.41, 5.74) is 0. The van der Waals surface area contributed by atoms with Gasteiger partial charge >= 0.3 is 11.9 Å². The number of rotatable bonds is 43. The lowest BCUT2D eigenvalue weighted by molar-refractivity contribution is -0.150. The normalized spacial score (nSPS) is 14.4. The molecule has 1 atom stereocenters. The lowest BCUT2D eigenvalue weighted by atomic mass is 10.0. The summed E-state index contributed by atoms with van der Waals surface area (Å²) in [5.74, 6) is 0.812. The predicted molar refractivity (Wildman–Crippen MR) is 238 cm³/mol. The van der Waals surface area contributed by atoms with Gasteiger partial charge in [-0.2, -0.15) is 0 Å². The lowest BCUT2D eigenvalue weighted by Crippen LogP contribution is -2.28. The highest BCUT2D eigenvalue weighted by Gasteiger charge is 2.23. The van der Waals surface area contributed by atoms with E-state index in [9.17, 15) is 14.4 Å². The minimum absolute atomic E-state index is 0.0194. The molecule has 0 heterocycles.